The molecule has 0 aliphatic rings. The Balaban J connectivity index is 1.90. The molecule has 0 aliphatic heterocycles. The van der Waals surface area contributed by atoms with E-state index in [-0.39, 0.29) is 12.0 Å². The number of nitrogens with two attached hydrogens (primary N) is 1. The van der Waals surface area contributed by atoms with Crippen molar-refractivity contribution in [2.45, 2.75) is 26.4 Å². The fourth-order valence-corrected chi connectivity index (χ4v) is 3.15. The van der Waals surface area contributed by atoms with E-state index in [2.05, 4.69) is 10.3 Å². The van der Waals surface area contributed by atoms with E-state index in [1.807, 2.05) is 6.92 Å². The SMILES string of the molecule is Cc1nc(CC(=O)OC(C)C(=O)Nc2sccc2C(N)=O)cs1. The first-order valence-electron chi connectivity index (χ1n) is 6.65. The van der Waals surface area contributed by atoms with E-state index in [1.54, 1.807) is 10.8 Å². The Morgan fingerprint density at radius 2 is 2.13 bits per heavy atom. The van der Waals surface area contributed by atoms with Crippen molar-refractivity contribution in [2.75, 3.05) is 5.32 Å². The van der Waals surface area contributed by atoms with Gasteiger partial charge in [0.1, 0.15) is 5.00 Å². The van der Waals surface area contributed by atoms with E-state index in [0.717, 1.165) is 5.01 Å². The number of thiazole rings is 1. The standard InChI is InChI=1S/C14H15N3O4S2/c1-7(21-11(18)5-9-6-23-8(2)16-9)13(20)17-14-10(12(15)19)3-4-22-14/h3-4,6-7H,5H2,1-2H3,(H2,15,19)(H,17,20). The highest BCUT2D eigenvalue weighted by Crippen LogP contribution is 2.23. The van der Waals surface area contributed by atoms with Crippen LogP contribution in [0.4, 0.5) is 5.00 Å². The molecule has 0 aromatic carbocycles. The summed E-state index contributed by atoms with van der Waals surface area (Å²) in [6.45, 7) is 3.30. The van der Waals surface area contributed by atoms with Crippen LogP contribution in [0.25, 0.3) is 0 Å². The molecular weight excluding hydrogens is 338 g/mol. The third kappa shape index (κ3) is 4.60. The van der Waals surface area contributed by atoms with Gasteiger partial charge in [0.05, 0.1) is 22.7 Å². The van der Waals surface area contributed by atoms with Gasteiger partial charge in [-0.3, -0.25) is 14.4 Å². The third-order valence-electron chi connectivity index (χ3n) is 2.84. The smallest absolute Gasteiger partial charge is 0.312 e. The molecule has 0 saturated heterocycles. The average Bonchev–Trinajstić information content (AvgIpc) is 3.07. The van der Waals surface area contributed by atoms with E-state index < -0.39 is 23.9 Å². The van der Waals surface area contributed by atoms with E-state index in [4.69, 9.17) is 10.5 Å². The third-order valence-corrected chi connectivity index (χ3v) is 4.49. The Labute approximate surface area is 140 Å². The van der Waals surface area contributed by atoms with Crippen molar-refractivity contribution in [2.24, 2.45) is 5.73 Å². The summed E-state index contributed by atoms with van der Waals surface area (Å²) in [6, 6.07) is 1.52. The minimum absolute atomic E-state index is 0.00744. The van der Waals surface area contributed by atoms with Crippen LogP contribution in [0.2, 0.25) is 0 Å². The van der Waals surface area contributed by atoms with Crippen LogP contribution < -0.4 is 11.1 Å². The highest BCUT2D eigenvalue weighted by Gasteiger charge is 2.21. The normalized spacial score (nSPS) is 11.7. The molecule has 0 aliphatic carbocycles. The first-order chi connectivity index (χ1) is 10.9. The Morgan fingerprint density at radius 3 is 2.74 bits per heavy atom. The fraction of sp³-hybridized carbons (Fsp3) is 0.286. The lowest BCUT2D eigenvalue weighted by Crippen LogP contribution is -2.31. The summed E-state index contributed by atoms with van der Waals surface area (Å²) in [5.41, 5.74) is 6.04. The number of thiophene rings is 1. The summed E-state index contributed by atoms with van der Waals surface area (Å²) in [7, 11) is 0. The maximum atomic E-state index is 12.0. The molecule has 2 rings (SSSR count). The number of hydrogen-bond acceptors (Lipinski definition) is 7. The Bertz CT molecular complexity index is 738. The Morgan fingerprint density at radius 1 is 1.39 bits per heavy atom. The van der Waals surface area contributed by atoms with Gasteiger partial charge in [-0.1, -0.05) is 0 Å². The number of carbonyl (C=O) groups is 3. The topological polar surface area (TPSA) is 111 Å². The minimum Gasteiger partial charge on any atom is -0.452 e. The molecule has 23 heavy (non-hydrogen) atoms. The summed E-state index contributed by atoms with van der Waals surface area (Å²) >= 11 is 2.60. The van der Waals surface area contributed by atoms with Gasteiger partial charge in [0.15, 0.2) is 6.10 Å². The zero-order valence-electron chi connectivity index (χ0n) is 12.5. The van der Waals surface area contributed by atoms with Crippen molar-refractivity contribution in [3.63, 3.8) is 0 Å². The minimum atomic E-state index is -0.995. The summed E-state index contributed by atoms with van der Waals surface area (Å²) in [6.07, 6.45) is -0.988. The van der Waals surface area contributed by atoms with Crippen molar-refractivity contribution >= 4 is 45.5 Å². The van der Waals surface area contributed by atoms with Gasteiger partial charge in [-0.2, -0.15) is 0 Å². The molecule has 0 spiro atoms. The molecule has 1 unspecified atom stereocenters. The van der Waals surface area contributed by atoms with Gasteiger partial charge in [-0.25, -0.2) is 4.98 Å². The Kier molecular flexibility index (Phi) is 5.45. The number of nitrogens with zero attached hydrogens (tertiary/aromatic N) is 1. The maximum absolute atomic E-state index is 12.0. The Hall–Kier alpha value is -2.26. The highest BCUT2D eigenvalue weighted by atomic mass is 32.1. The lowest BCUT2D eigenvalue weighted by Gasteiger charge is -2.13. The number of aromatic nitrogens is 1. The number of anilines is 1. The molecule has 2 amide bonds. The lowest BCUT2D eigenvalue weighted by molar-refractivity contribution is -0.152. The molecular formula is C14H15N3O4S2. The number of primary amides is 1. The fourth-order valence-electron chi connectivity index (χ4n) is 1.74. The van der Waals surface area contributed by atoms with Gasteiger partial charge >= 0.3 is 5.97 Å². The molecule has 2 heterocycles. The largest absolute Gasteiger partial charge is 0.452 e. The zero-order valence-corrected chi connectivity index (χ0v) is 14.1. The first kappa shape index (κ1) is 17.1. The van der Waals surface area contributed by atoms with Crippen LogP contribution in [-0.2, 0) is 20.7 Å². The molecule has 0 saturated carbocycles. The number of nitrogens with one attached hydrogen (secondary N) is 1. The number of carbonyl (C=O) groups excluding carboxylic acids is 3. The summed E-state index contributed by atoms with van der Waals surface area (Å²) in [5.74, 6) is -1.71. The predicted octanol–water partition coefficient (Wildman–Crippen LogP) is 1.72. The molecule has 122 valence electrons. The van der Waals surface area contributed by atoms with Crippen molar-refractivity contribution in [3.8, 4) is 0 Å². The number of aryl methyl sites for hydroxylation is 1. The number of esters is 1. The predicted molar refractivity (Wildman–Crippen MR) is 87.6 cm³/mol. The molecule has 0 bridgehead atoms. The quantitative estimate of drug-likeness (QED) is 0.768. The molecule has 1 atom stereocenters. The number of rotatable bonds is 6. The van der Waals surface area contributed by atoms with Gasteiger partial charge in [-0.15, -0.1) is 22.7 Å². The average molecular weight is 353 g/mol. The second-order valence-electron chi connectivity index (χ2n) is 4.68. The summed E-state index contributed by atoms with van der Waals surface area (Å²) < 4.78 is 5.08. The van der Waals surface area contributed by atoms with E-state index in [0.29, 0.717) is 10.7 Å². The molecule has 2 aromatic heterocycles. The van der Waals surface area contributed by atoms with Crippen LogP contribution in [0, 0.1) is 6.92 Å². The first-order valence-corrected chi connectivity index (χ1v) is 8.41. The van der Waals surface area contributed by atoms with Crippen LogP contribution in [0.1, 0.15) is 28.0 Å². The van der Waals surface area contributed by atoms with Crippen LogP contribution in [0.3, 0.4) is 0 Å². The van der Waals surface area contributed by atoms with E-state index in [9.17, 15) is 14.4 Å². The van der Waals surface area contributed by atoms with Crippen LogP contribution in [0.15, 0.2) is 16.8 Å². The van der Waals surface area contributed by atoms with Crippen molar-refractivity contribution < 1.29 is 19.1 Å². The molecule has 7 nitrogen and oxygen atoms in total. The number of amides is 2. The zero-order chi connectivity index (χ0) is 17.0. The van der Waals surface area contributed by atoms with Gasteiger partial charge in [-0.05, 0) is 25.3 Å². The molecule has 2 aromatic rings. The number of ether oxygens (including phenoxy) is 1. The summed E-state index contributed by atoms with van der Waals surface area (Å²) in [5, 5.41) is 7.13. The maximum Gasteiger partial charge on any atom is 0.312 e. The molecule has 0 fully saturated rings. The second kappa shape index (κ2) is 7.34. The van der Waals surface area contributed by atoms with Gasteiger partial charge in [0, 0.05) is 5.38 Å². The second-order valence-corrected chi connectivity index (χ2v) is 6.66. The van der Waals surface area contributed by atoms with Crippen molar-refractivity contribution in [1.82, 2.24) is 4.98 Å². The van der Waals surface area contributed by atoms with Gasteiger partial charge < -0.3 is 15.8 Å². The lowest BCUT2D eigenvalue weighted by atomic mass is 10.3. The van der Waals surface area contributed by atoms with Gasteiger partial charge in [0.2, 0.25) is 0 Å². The van der Waals surface area contributed by atoms with E-state index >= 15 is 0 Å². The van der Waals surface area contributed by atoms with Gasteiger partial charge in [0.25, 0.3) is 11.8 Å². The van der Waals surface area contributed by atoms with Crippen LogP contribution in [-0.4, -0.2) is 28.9 Å². The van der Waals surface area contributed by atoms with E-state index in [1.165, 1.54) is 35.7 Å². The van der Waals surface area contributed by atoms with Crippen LogP contribution >= 0.6 is 22.7 Å². The summed E-state index contributed by atoms with van der Waals surface area (Å²) in [4.78, 5) is 39.2. The van der Waals surface area contributed by atoms with Crippen molar-refractivity contribution in [1.29, 1.82) is 0 Å². The molecule has 3 N–H and O–H groups in total. The highest BCUT2D eigenvalue weighted by molar-refractivity contribution is 7.14. The monoisotopic (exact) mass is 353 g/mol. The molecule has 0 radical (unpaired) electrons. The van der Waals surface area contributed by atoms with Crippen molar-refractivity contribution in [3.05, 3.63) is 33.1 Å². The van der Waals surface area contributed by atoms with Crippen LogP contribution in [0.5, 0.6) is 0 Å². The number of hydrogen-bond donors (Lipinski definition) is 2. The molecule has 9 heteroatoms.